The van der Waals surface area contributed by atoms with Crippen molar-refractivity contribution in [2.45, 2.75) is 43.2 Å². The van der Waals surface area contributed by atoms with E-state index in [1.165, 1.54) is 31.0 Å². The number of thioether (sulfide) groups is 1. The molecule has 0 bridgehead atoms. The van der Waals surface area contributed by atoms with Crippen molar-refractivity contribution in [3.8, 4) is 0 Å². The highest BCUT2D eigenvalue weighted by Crippen LogP contribution is 2.32. The Hall–Kier alpha value is -1.04. The molecular formula is C10H15N3O2S. The van der Waals surface area contributed by atoms with Gasteiger partial charge in [0.25, 0.3) is 0 Å². The molecule has 1 aromatic rings. The van der Waals surface area contributed by atoms with Crippen LogP contribution in [0.3, 0.4) is 0 Å². The van der Waals surface area contributed by atoms with Gasteiger partial charge in [0.1, 0.15) is 6.20 Å². The summed E-state index contributed by atoms with van der Waals surface area (Å²) in [7, 11) is 0. The van der Waals surface area contributed by atoms with Gasteiger partial charge in [0.2, 0.25) is 0 Å². The normalized spacial score (nSPS) is 17.6. The molecule has 0 radical (unpaired) electrons. The Morgan fingerprint density at radius 1 is 1.50 bits per heavy atom. The summed E-state index contributed by atoms with van der Waals surface area (Å²) in [6.07, 6.45) is 9.26. The van der Waals surface area contributed by atoms with Gasteiger partial charge in [-0.3, -0.25) is 14.8 Å². The number of nitrogens with zero attached hydrogens (tertiary/aromatic N) is 3. The van der Waals surface area contributed by atoms with Gasteiger partial charge >= 0.3 is 5.69 Å². The molecule has 0 atom stereocenters. The zero-order valence-electron chi connectivity index (χ0n) is 9.26. The maximum absolute atomic E-state index is 10.8. The van der Waals surface area contributed by atoms with Gasteiger partial charge < -0.3 is 0 Å². The highest BCUT2D eigenvalue weighted by molar-refractivity contribution is 7.98. The molecule has 16 heavy (non-hydrogen) atoms. The monoisotopic (exact) mass is 241 g/mol. The Kier molecular flexibility index (Phi) is 3.48. The van der Waals surface area contributed by atoms with E-state index in [0.717, 1.165) is 12.8 Å². The second kappa shape index (κ2) is 4.86. The lowest BCUT2D eigenvalue weighted by Gasteiger charge is -2.21. The van der Waals surface area contributed by atoms with Gasteiger partial charge in [-0.2, -0.15) is 5.10 Å². The Morgan fingerprint density at radius 3 is 2.69 bits per heavy atom. The average Bonchev–Trinajstić information content (AvgIpc) is 2.74. The van der Waals surface area contributed by atoms with Crippen molar-refractivity contribution < 1.29 is 4.92 Å². The molecule has 0 N–H and O–H groups in total. The smallest absolute Gasteiger partial charge is 0.261 e. The molecule has 5 nitrogen and oxygen atoms in total. The minimum atomic E-state index is -0.349. The van der Waals surface area contributed by atoms with Crippen LogP contribution >= 0.6 is 11.8 Å². The topological polar surface area (TPSA) is 61.0 Å². The fourth-order valence-corrected chi connectivity index (χ4v) is 2.68. The molecule has 1 heterocycles. The zero-order valence-corrected chi connectivity index (χ0v) is 10.1. The SMILES string of the molecule is CSc1nn(C2CCCCC2)cc1[N+](=O)[O-]. The van der Waals surface area contributed by atoms with Gasteiger partial charge in [0.15, 0.2) is 5.03 Å². The van der Waals surface area contributed by atoms with Gasteiger partial charge in [0, 0.05) is 0 Å². The molecule has 1 fully saturated rings. The molecule has 0 aliphatic heterocycles. The van der Waals surface area contributed by atoms with Gasteiger partial charge in [-0.15, -0.1) is 11.8 Å². The predicted molar refractivity (Wildman–Crippen MR) is 62.8 cm³/mol. The molecule has 6 heteroatoms. The van der Waals surface area contributed by atoms with E-state index < -0.39 is 0 Å². The molecule has 88 valence electrons. The molecule has 0 saturated heterocycles. The summed E-state index contributed by atoms with van der Waals surface area (Å²) in [6.45, 7) is 0. The molecular weight excluding hydrogens is 226 g/mol. The summed E-state index contributed by atoms with van der Waals surface area (Å²) in [5.74, 6) is 0. The van der Waals surface area contributed by atoms with E-state index in [0.29, 0.717) is 11.1 Å². The van der Waals surface area contributed by atoms with Gasteiger partial charge in [-0.1, -0.05) is 19.3 Å². The van der Waals surface area contributed by atoms with E-state index in [1.807, 2.05) is 6.26 Å². The molecule has 0 spiro atoms. The van der Waals surface area contributed by atoms with Crippen LogP contribution in [-0.4, -0.2) is 21.0 Å². The van der Waals surface area contributed by atoms with Gasteiger partial charge in [-0.05, 0) is 19.1 Å². The summed E-state index contributed by atoms with van der Waals surface area (Å²) in [6, 6.07) is 0.355. The van der Waals surface area contributed by atoms with E-state index in [9.17, 15) is 10.1 Å². The lowest BCUT2D eigenvalue weighted by atomic mass is 9.96. The lowest BCUT2D eigenvalue weighted by molar-refractivity contribution is -0.387. The average molecular weight is 241 g/mol. The van der Waals surface area contributed by atoms with Gasteiger partial charge in [0.05, 0.1) is 11.0 Å². The standard InChI is InChI=1S/C10H15N3O2S/c1-16-10-9(13(14)15)7-12(11-10)8-5-3-2-4-6-8/h7-8H,2-6H2,1H3. The van der Waals surface area contributed by atoms with Crippen molar-refractivity contribution >= 4 is 17.4 Å². The van der Waals surface area contributed by atoms with Crippen molar-refractivity contribution in [1.82, 2.24) is 9.78 Å². The molecule has 1 aliphatic carbocycles. The fraction of sp³-hybridized carbons (Fsp3) is 0.700. The number of hydrogen-bond acceptors (Lipinski definition) is 4. The third kappa shape index (κ3) is 2.21. The summed E-state index contributed by atoms with van der Waals surface area (Å²) < 4.78 is 1.79. The minimum Gasteiger partial charge on any atom is -0.261 e. The Bertz CT molecular complexity index is 385. The van der Waals surface area contributed by atoms with Crippen LogP contribution in [0.25, 0.3) is 0 Å². The Balaban J connectivity index is 2.24. The third-order valence-corrected chi connectivity index (χ3v) is 3.70. The number of rotatable bonds is 3. The lowest BCUT2D eigenvalue weighted by Crippen LogP contribution is -2.13. The maximum atomic E-state index is 10.8. The van der Waals surface area contributed by atoms with Crippen LogP contribution in [0.1, 0.15) is 38.1 Å². The number of aromatic nitrogens is 2. The Morgan fingerprint density at radius 2 is 2.19 bits per heavy atom. The first-order chi connectivity index (χ1) is 7.72. The van der Waals surface area contributed by atoms with Crippen molar-refractivity contribution in [2.75, 3.05) is 6.26 Å². The quantitative estimate of drug-likeness (QED) is 0.463. The highest BCUT2D eigenvalue weighted by Gasteiger charge is 2.23. The molecule has 2 rings (SSSR count). The van der Waals surface area contributed by atoms with Crippen molar-refractivity contribution in [3.63, 3.8) is 0 Å². The van der Waals surface area contributed by atoms with Crippen LogP contribution in [0.2, 0.25) is 0 Å². The van der Waals surface area contributed by atoms with Crippen LogP contribution in [-0.2, 0) is 0 Å². The Labute approximate surface area is 98.4 Å². The number of nitro groups is 1. The summed E-state index contributed by atoms with van der Waals surface area (Å²) in [5.41, 5.74) is 0.137. The fourth-order valence-electron chi connectivity index (χ4n) is 2.17. The number of hydrogen-bond donors (Lipinski definition) is 0. The van der Waals surface area contributed by atoms with Gasteiger partial charge in [-0.25, -0.2) is 0 Å². The highest BCUT2D eigenvalue weighted by atomic mass is 32.2. The van der Waals surface area contributed by atoms with Crippen LogP contribution in [0, 0.1) is 10.1 Å². The summed E-state index contributed by atoms with van der Waals surface area (Å²) in [5, 5.41) is 15.7. The second-order valence-electron chi connectivity index (χ2n) is 4.05. The first kappa shape index (κ1) is 11.4. The predicted octanol–water partition coefficient (Wildman–Crippen LogP) is 3.02. The van der Waals surface area contributed by atoms with E-state index in [4.69, 9.17) is 0 Å². The molecule has 0 amide bonds. The van der Waals surface area contributed by atoms with Crippen LogP contribution in [0.15, 0.2) is 11.2 Å². The van der Waals surface area contributed by atoms with Crippen LogP contribution in [0.5, 0.6) is 0 Å². The second-order valence-corrected chi connectivity index (χ2v) is 4.85. The first-order valence-corrected chi connectivity index (χ1v) is 6.72. The minimum absolute atomic E-state index is 0.137. The van der Waals surface area contributed by atoms with E-state index >= 15 is 0 Å². The summed E-state index contributed by atoms with van der Waals surface area (Å²) in [4.78, 5) is 10.5. The zero-order chi connectivity index (χ0) is 11.5. The summed E-state index contributed by atoms with van der Waals surface area (Å²) >= 11 is 1.33. The van der Waals surface area contributed by atoms with Crippen molar-refractivity contribution in [2.24, 2.45) is 0 Å². The largest absolute Gasteiger partial charge is 0.320 e. The van der Waals surface area contributed by atoms with Crippen LogP contribution in [0.4, 0.5) is 5.69 Å². The maximum Gasteiger partial charge on any atom is 0.320 e. The molecule has 1 aliphatic rings. The van der Waals surface area contributed by atoms with Crippen molar-refractivity contribution in [3.05, 3.63) is 16.3 Å². The van der Waals surface area contributed by atoms with Crippen molar-refractivity contribution in [1.29, 1.82) is 0 Å². The molecule has 0 unspecified atom stereocenters. The third-order valence-electron chi connectivity index (χ3n) is 3.02. The molecule has 1 aromatic heterocycles. The molecule has 1 saturated carbocycles. The van der Waals surface area contributed by atoms with E-state index in [1.54, 1.807) is 10.9 Å². The molecule has 0 aromatic carbocycles. The van der Waals surface area contributed by atoms with Crippen LogP contribution < -0.4 is 0 Å². The first-order valence-electron chi connectivity index (χ1n) is 5.50. The van der Waals surface area contributed by atoms with E-state index in [-0.39, 0.29) is 10.6 Å². The van der Waals surface area contributed by atoms with E-state index in [2.05, 4.69) is 5.10 Å².